The van der Waals surface area contributed by atoms with E-state index < -0.39 is 49.5 Å². The minimum atomic E-state index is -1.52. The molecule has 1 amide bonds. The van der Waals surface area contributed by atoms with E-state index in [-0.39, 0.29) is 0 Å². The van der Waals surface area contributed by atoms with Gasteiger partial charge in [-0.1, -0.05) is 0 Å². The topological polar surface area (TPSA) is 140 Å². The van der Waals surface area contributed by atoms with Crippen LogP contribution in [0.4, 0.5) is 0 Å². The summed E-state index contributed by atoms with van der Waals surface area (Å²) >= 11 is 0. The zero-order valence-electron chi connectivity index (χ0n) is 9.71. The number of nitroso groups, excluding NO2 is 1. The highest BCUT2D eigenvalue weighted by atomic mass is 16.6. The van der Waals surface area contributed by atoms with Gasteiger partial charge < -0.3 is 25.2 Å². The number of hydrogen-bond acceptors (Lipinski definition) is 8. The van der Waals surface area contributed by atoms with Crippen LogP contribution in [0, 0.1) is 10.8 Å². The van der Waals surface area contributed by atoms with Crippen molar-refractivity contribution in [2.75, 3.05) is 13.7 Å². The maximum absolute atomic E-state index is 11.4. The normalized spacial score (nSPS) is 36.2. The van der Waals surface area contributed by atoms with E-state index in [1.165, 1.54) is 0 Å². The first-order chi connectivity index (χ1) is 8.42. The molecule has 0 aromatic heterocycles. The van der Waals surface area contributed by atoms with Crippen LogP contribution in [-0.2, 0) is 9.53 Å². The van der Waals surface area contributed by atoms with Crippen molar-refractivity contribution in [3.8, 4) is 0 Å². The molecule has 4 N–H and O–H groups in total. The van der Waals surface area contributed by atoms with Gasteiger partial charge in [0, 0.05) is 19.4 Å². The van der Waals surface area contributed by atoms with Gasteiger partial charge in [-0.2, -0.15) is 5.01 Å². The van der Waals surface area contributed by atoms with Gasteiger partial charge in [0.25, 0.3) is 0 Å². The van der Waals surface area contributed by atoms with Gasteiger partial charge in [-0.05, 0) is 0 Å². The molecule has 1 aliphatic heterocycles. The lowest BCUT2D eigenvalue weighted by atomic mass is 9.88. The van der Waals surface area contributed by atoms with Crippen LogP contribution in [0.2, 0.25) is 0 Å². The lowest BCUT2D eigenvalue weighted by Crippen LogP contribution is -2.56. The quantitative estimate of drug-likeness (QED) is 0.327. The molecule has 5 atom stereocenters. The second-order valence-electron chi connectivity index (χ2n) is 4.10. The van der Waals surface area contributed by atoms with E-state index in [2.05, 4.69) is 5.29 Å². The smallest absolute Gasteiger partial charge is 0.245 e. The van der Waals surface area contributed by atoms with E-state index in [0.29, 0.717) is 5.01 Å². The van der Waals surface area contributed by atoms with Crippen LogP contribution in [0.25, 0.3) is 0 Å². The lowest BCUT2D eigenvalue weighted by molar-refractivity contribution is -0.270. The van der Waals surface area contributed by atoms with Crippen molar-refractivity contribution >= 4 is 5.91 Å². The van der Waals surface area contributed by atoms with E-state index in [9.17, 15) is 25.0 Å². The van der Waals surface area contributed by atoms with E-state index in [4.69, 9.17) is 9.84 Å². The Morgan fingerprint density at radius 3 is 2.44 bits per heavy atom. The molecule has 0 aromatic carbocycles. The fourth-order valence-corrected chi connectivity index (χ4v) is 1.75. The summed E-state index contributed by atoms with van der Waals surface area (Å²) < 4.78 is 4.86. The molecule has 104 valence electrons. The maximum Gasteiger partial charge on any atom is 0.245 e. The maximum atomic E-state index is 11.4. The van der Waals surface area contributed by atoms with Crippen LogP contribution in [0.3, 0.4) is 0 Å². The van der Waals surface area contributed by atoms with Crippen molar-refractivity contribution < 1.29 is 30.0 Å². The first kappa shape index (κ1) is 14.9. The third kappa shape index (κ3) is 3.00. The van der Waals surface area contributed by atoms with Gasteiger partial charge in [0.15, 0.2) is 6.29 Å². The molecular weight excluding hydrogens is 248 g/mol. The average Bonchev–Trinajstić information content (AvgIpc) is 2.37. The molecule has 9 nitrogen and oxygen atoms in total. The molecule has 18 heavy (non-hydrogen) atoms. The van der Waals surface area contributed by atoms with Crippen LogP contribution in [0.5, 0.6) is 0 Å². The molecule has 0 radical (unpaired) electrons. The highest BCUT2D eigenvalue weighted by molar-refractivity contribution is 5.75. The molecule has 0 aromatic rings. The van der Waals surface area contributed by atoms with Gasteiger partial charge in [0.05, 0.1) is 18.0 Å². The Balaban J connectivity index is 2.71. The third-order valence-electron chi connectivity index (χ3n) is 2.92. The second-order valence-corrected chi connectivity index (χ2v) is 4.10. The molecular formula is C9H16N2O7. The Hall–Kier alpha value is -1.13. The third-order valence-corrected chi connectivity index (χ3v) is 2.92. The summed E-state index contributed by atoms with van der Waals surface area (Å²) in [6, 6.07) is 0. The Morgan fingerprint density at radius 2 is 1.94 bits per heavy atom. The lowest BCUT2D eigenvalue weighted by Gasteiger charge is -2.39. The number of aliphatic hydroxyl groups is 4. The zero-order valence-corrected chi connectivity index (χ0v) is 9.71. The van der Waals surface area contributed by atoms with Gasteiger partial charge in [-0.15, -0.1) is 4.91 Å². The fraction of sp³-hybridized carbons (Fsp3) is 0.889. The second kappa shape index (κ2) is 6.16. The Kier molecular flexibility index (Phi) is 5.11. The van der Waals surface area contributed by atoms with Crippen molar-refractivity contribution in [1.29, 1.82) is 0 Å². The summed E-state index contributed by atoms with van der Waals surface area (Å²) in [4.78, 5) is 21.5. The monoisotopic (exact) mass is 264 g/mol. The number of amides is 1. The molecule has 1 fully saturated rings. The van der Waals surface area contributed by atoms with Crippen molar-refractivity contribution in [3.05, 3.63) is 4.91 Å². The Morgan fingerprint density at radius 1 is 1.33 bits per heavy atom. The zero-order chi connectivity index (χ0) is 13.9. The van der Waals surface area contributed by atoms with E-state index >= 15 is 0 Å². The number of ether oxygens (including phenoxy) is 1. The van der Waals surface area contributed by atoms with Crippen LogP contribution in [0.15, 0.2) is 5.29 Å². The molecule has 1 heterocycles. The summed E-state index contributed by atoms with van der Waals surface area (Å²) in [7, 11) is 1.13. The molecule has 0 saturated carbocycles. The van der Waals surface area contributed by atoms with Crippen molar-refractivity contribution in [2.24, 2.45) is 11.2 Å². The van der Waals surface area contributed by atoms with E-state index in [1.807, 2.05) is 0 Å². The highest BCUT2D eigenvalue weighted by Crippen LogP contribution is 2.27. The summed E-state index contributed by atoms with van der Waals surface area (Å²) in [5, 5.41) is 40.6. The van der Waals surface area contributed by atoms with Gasteiger partial charge in [0.1, 0.15) is 12.2 Å². The van der Waals surface area contributed by atoms with Gasteiger partial charge >= 0.3 is 0 Å². The molecule has 0 unspecified atom stereocenters. The number of rotatable bonds is 4. The predicted molar refractivity (Wildman–Crippen MR) is 56.7 cm³/mol. The molecule has 1 aliphatic rings. The molecule has 9 heteroatoms. The van der Waals surface area contributed by atoms with Crippen LogP contribution >= 0.6 is 0 Å². The summed E-state index contributed by atoms with van der Waals surface area (Å²) in [6.45, 7) is -0.578. The van der Waals surface area contributed by atoms with Crippen LogP contribution in [-0.4, -0.2) is 69.6 Å². The van der Waals surface area contributed by atoms with Crippen molar-refractivity contribution in [2.45, 2.75) is 31.0 Å². The standard InChI is InChI=1S/C9H16N2O7/c1-11(10-17)6(13)2-4-7(14)8(15)5(3-12)18-9(4)16/h4-5,7-9,12,14-16H,2-3H2,1H3/t4-,5-,7-,8-,9+/m1/s1. The minimum absolute atomic E-state index is 0.417. The van der Waals surface area contributed by atoms with Crippen molar-refractivity contribution in [1.82, 2.24) is 5.01 Å². The first-order valence-corrected chi connectivity index (χ1v) is 5.32. The number of nitrogens with zero attached hydrogens (tertiary/aromatic N) is 2. The highest BCUT2D eigenvalue weighted by Gasteiger charge is 2.44. The Bertz CT molecular complexity index is 313. The van der Waals surface area contributed by atoms with Gasteiger partial charge in [-0.25, -0.2) is 0 Å². The average molecular weight is 264 g/mol. The number of carbonyl (C=O) groups is 1. The van der Waals surface area contributed by atoms with E-state index in [1.54, 1.807) is 0 Å². The first-order valence-electron chi connectivity index (χ1n) is 5.32. The van der Waals surface area contributed by atoms with Crippen LogP contribution < -0.4 is 0 Å². The summed E-state index contributed by atoms with van der Waals surface area (Å²) in [5.74, 6) is -1.83. The van der Waals surface area contributed by atoms with Gasteiger partial charge in [0.2, 0.25) is 5.91 Å². The fourth-order valence-electron chi connectivity index (χ4n) is 1.75. The Labute approximate surface area is 103 Å². The minimum Gasteiger partial charge on any atom is -0.394 e. The predicted octanol–water partition coefficient (Wildman–Crippen LogP) is -2.44. The molecule has 1 rings (SSSR count). The number of hydrogen-bond donors (Lipinski definition) is 4. The SMILES string of the molecule is CN(N=O)C(=O)C[C@@H]1[C@@H](O)[C@H](O)[C@@H](CO)O[C@@H]1O. The molecule has 1 saturated heterocycles. The summed E-state index contributed by atoms with van der Waals surface area (Å²) in [6.07, 6.45) is -5.94. The van der Waals surface area contributed by atoms with Crippen molar-refractivity contribution in [3.63, 3.8) is 0 Å². The summed E-state index contributed by atoms with van der Waals surface area (Å²) in [5.41, 5.74) is 0. The largest absolute Gasteiger partial charge is 0.394 e. The van der Waals surface area contributed by atoms with E-state index in [0.717, 1.165) is 7.05 Å². The van der Waals surface area contributed by atoms with Gasteiger partial charge in [-0.3, -0.25) is 4.79 Å². The number of carbonyl (C=O) groups excluding carboxylic acids is 1. The number of aliphatic hydroxyl groups excluding tert-OH is 4. The molecule has 0 bridgehead atoms. The van der Waals surface area contributed by atoms with Crippen LogP contribution in [0.1, 0.15) is 6.42 Å². The molecule has 0 spiro atoms. The molecule has 0 aliphatic carbocycles.